The van der Waals surface area contributed by atoms with Crippen LogP contribution in [0.15, 0.2) is 46.7 Å². The van der Waals surface area contributed by atoms with Crippen molar-refractivity contribution < 1.29 is 18.0 Å². The van der Waals surface area contributed by atoms with Gasteiger partial charge >= 0.3 is 0 Å². The summed E-state index contributed by atoms with van der Waals surface area (Å²) in [6.07, 6.45) is 6.73. The lowest BCUT2D eigenvalue weighted by atomic mass is 9.77. The number of thiophene rings is 1. The first-order valence-corrected chi connectivity index (χ1v) is 15.7. The van der Waals surface area contributed by atoms with Gasteiger partial charge in [-0.3, -0.25) is 9.59 Å². The highest BCUT2D eigenvalue weighted by Gasteiger charge is 2.47. The number of hydrogen-bond donors (Lipinski definition) is 1. The smallest absolute Gasteiger partial charge is 0.229 e. The molecule has 2 aliphatic heterocycles. The molecule has 2 aromatic rings. The number of amides is 2. The Morgan fingerprint density at radius 2 is 1.81 bits per heavy atom. The fourth-order valence-corrected chi connectivity index (χ4v) is 6.94. The number of nitrogens with zero attached hydrogens (tertiary/aromatic N) is 2. The quantitative estimate of drug-likeness (QED) is 0.536. The number of carbonyl (C=O) groups is 2. The molecular weight excluding hydrogens is 494 g/mol. The maximum atomic E-state index is 13.4. The minimum absolute atomic E-state index is 0.0617. The number of nitrogens with one attached hydrogen (secondary N) is 1. The van der Waals surface area contributed by atoms with E-state index < -0.39 is 9.84 Å². The molecule has 1 atom stereocenters. The van der Waals surface area contributed by atoms with Crippen LogP contribution in [0.25, 0.3) is 0 Å². The Bertz CT molecular complexity index is 1180. The summed E-state index contributed by atoms with van der Waals surface area (Å²) in [4.78, 5) is 31.7. The highest BCUT2D eigenvalue weighted by molar-refractivity contribution is 7.90. The largest absolute Gasteiger partial charge is 0.348 e. The van der Waals surface area contributed by atoms with Gasteiger partial charge in [-0.25, -0.2) is 8.42 Å². The third kappa shape index (κ3) is 5.68. The maximum Gasteiger partial charge on any atom is 0.229 e. The fraction of sp³-hybridized carbons (Fsp3) is 0.556. The van der Waals surface area contributed by atoms with E-state index in [2.05, 4.69) is 21.7 Å². The minimum Gasteiger partial charge on any atom is -0.348 e. The minimum atomic E-state index is -3.22. The molecule has 1 saturated carbocycles. The Hall–Kier alpha value is -2.23. The van der Waals surface area contributed by atoms with Crippen molar-refractivity contribution in [1.29, 1.82) is 0 Å². The zero-order valence-electron chi connectivity index (χ0n) is 20.8. The monoisotopic (exact) mass is 529 g/mol. The lowest BCUT2D eigenvalue weighted by molar-refractivity contribution is -0.139. The molecule has 9 heteroatoms. The molecule has 36 heavy (non-hydrogen) atoms. The molecule has 1 aliphatic carbocycles. The number of rotatable bonds is 9. The van der Waals surface area contributed by atoms with E-state index in [1.807, 2.05) is 23.1 Å². The summed E-state index contributed by atoms with van der Waals surface area (Å²) >= 11 is 1.70. The first kappa shape index (κ1) is 25.4. The second-order valence-electron chi connectivity index (χ2n) is 10.7. The number of likely N-dealkylation sites (tertiary alicyclic amines) is 2. The molecular formula is C27H35N3O4S2. The van der Waals surface area contributed by atoms with Crippen LogP contribution in [0.4, 0.5) is 0 Å². The van der Waals surface area contributed by atoms with E-state index in [4.69, 9.17) is 0 Å². The van der Waals surface area contributed by atoms with Gasteiger partial charge in [0, 0.05) is 36.7 Å². The van der Waals surface area contributed by atoms with Crippen molar-refractivity contribution in [3.63, 3.8) is 0 Å². The van der Waals surface area contributed by atoms with Gasteiger partial charge in [-0.05, 0) is 80.8 Å². The molecule has 1 unspecified atom stereocenters. The van der Waals surface area contributed by atoms with Crippen LogP contribution < -0.4 is 5.32 Å². The Kier molecular flexibility index (Phi) is 7.25. The molecule has 2 saturated heterocycles. The summed E-state index contributed by atoms with van der Waals surface area (Å²) in [5.74, 6) is 0.632. The molecule has 194 valence electrons. The van der Waals surface area contributed by atoms with Crippen molar-refractivity contribution >= 4 is 33.0 Å². The highest BCUT2D eigenvalue weighted by atomic mass is 32.2. The van der Waals surface area contributed by atoms with Crippen LogP contribution in [0.5, 0.6) is 0 Å². The molecule has 1 aromatic heterocycles. The Morgan fingerprint density at radius 3 is 2.42 bits per heavy atom. The third-order valence-corrected chi connectivity index (χ3v) is 10.1. The molecule has 3 aliphatic rings. The van der Waals surface area contributed by atoms with E-state index in [1.54, 1.807) is 23.5 Å². The molecule has 3 fully saturated rings. The zero-order valence-corrected chi connectivity index (χ0v) is 22.5. The summed E-state index contributed by atoms with van der Waals surface area (Å²) in [5.41, 5.74) is 0.689. The van der Waals surface area contributed by atoms with Gasteiger partial charge < -0.3 is 15.1 Å². The molecule has 7 nitrogen and oxygen atoms in total. The summed E-state index contributed by atoms with van der Waals surface area (Å²) in [6, 6.07) is 11.1. The Labute approximate surface area is 217 Å². The number of benzene rings is 1. The molecule has 1 aromatic carbocycles. The van der Waals surface area contributed by atoms with E-state index in [0.29, 0.717) is 11.4 Å². The van der Waals surface area contributed by atoms with Gasteiger partial charge in [-0.15, -0.1) is 11.3 Å². The SMILES string of the molecule is CS(=O)(=O)c1ccc(CN2CCC3(CCN(CCC(NC(=O)C4CC4)c4cccs4)CC3)C2=O)cc1. The van der Waals surface area contributed by atoms with E-state index in [1.165, 1.54) is 11.1 Å². The van der Waals surface area contributed by atoms with Gasteiger partial charge in [0.2, 0.25) is 11.8 Å². The maximum absolute atomic E-state index is 13.4. The fourth-order valence-electron chi connectivity index (χ4n) is 5.50. The molecule has 1 spiro atoms. The first-order valence-electron chi connectivity index (χ1n) is 12.9. The zero-order chi connectivity index (χ0) is 25.3. The van der Waals surface area contributed by atoms with Crippen LogP contribution in [-0.2, 0) is 26.0 Å². The third-order valence-electron chi connectivity index (χ3n) is 8.02. The van der Waals surface area contributed by atoms with Crippen LogP contribution in [0.2, 0.25) is 0 Å². The van der Waals surface area contributed by atoms with E-state index in [0.717, 1.165) is 70.3 Å². The van der Waals surface area contributed by atoms with E-state index >= 15 is 0 Å². The van der Waals surface area contributed by atoms with Gasteiger partial charge in [-0.2, -0.15) is 0 Å². The molecule has 5 rings (SSSR count). The first-order chi connectivity index (χ1) is 17.2. The van der Waals surface area contributed by atoms with Crippen LogP contribution >= 0.6 is 11.3 Å². The van der Waals surface area contributed by atoms with Crippen molar-refractivity contribution in [3.05, 3.63) is 52.2 Å². The standard InChI is InChI=1S/C27H35N3O4S2/c1-36(33,34)22-8-4-20(5-9-22)19-30-17-13-27(26(30)32)11-15-29(16-12-27)14-10-23(24-3-2-18-35-24)28-25(31)21-6-7-21/h2-5,8-9,18,21,23H,6-7,10-17,19H2,1H3,(H,28,31). The van der Waals surface area contributed by atoms with Crippen LogP contribution in [-0.4, -0.2) is 62.5 Å². The molecule has 1 N–H and O–H groups in total. The molecule has 0 radical (unpaired) electrons. The van der Waals surface area contributed by atoms with Crippen molar-refractivity contribution in [2.75, 3.05) is 32.4 Å². The number of piperidine rings is 1. The van der Waals surface area contributed by atoms with Crippen molar-refractivity contribution in [1.82, 2.24) is 15.1 Å². The number of hydrogen-bond acceptors (Lipinski definition) is 6. The van der Waals surface area contributed by atoms with Gasteiger partial charge in [0.25, 0.3) is 0 Å². The molecule has 0 bridgehead atoms. The molecule has 2 amide bonds. The second kappa shape index (κ2) is 10.3. The van der Waals surface area contributed by atoms with Crippen molar-refractivity contribution in [3.8, 4) is 0 Å². The van der Waals surface area contributed by atoms with Gasteiger partial charge in [0.05, 0.1) is 16.4 Å². The topological polar surface area (TPSA) is 86.8 Å². The lowest BCUT2D eigenvalue weighted by Crippen LogP contribution is -2.45. The predicted octanol–water partition coefficient (Wildman–Crippen LogP) is 3.62. The number of sulfone groups is 1. The van der Waals surface area contributed by atoms with Gasteiger partial charge in [0.1, 0.15) is 0 Å². The Balaban J connectivity index is 1.13. The van der Waals surface area contributed by atoms with Gasteiger partial charge in [-0.1, -0.05) is 18.2 Å². The van der Waals surface area contributed by atoms with Crippen LogP contribution in [0, 0.1) is 11.3 Å². The summed E-state index contributed by atoms with van der Waals surface area (Å²) in [7, 11) is -3.22. The average molecular weight is 530 g/mol. The van der Waals surface area contributed by atoms with E-state index in [9.17, 15) is 18.0 Å². The van der Waals surface area contributed by atoms with Crippen LogP contribution in [0.1, 0.15) is 55.0 Å². The van der Waals surface area contributed by atoms with E-state index in [-0.39, 0.29) is 29.2 Å². The van der Waals surface area contributed by atoms with Crippen molar-refractivity contribution in [2.45, 2.75) is 56.0 Å². The number of carbonyl (C=O) groups excluding carboxylic acids is 2. The lowest BCUT2D eigenvalue weighted by Gasteiger charge is -2.38. The highest BCUT2D eigenvalue weighted by Crippen LogP contribution is 2.42. The summed E-state index contributed by atoms with van der Waals surface area (Å²) < 4.78 is 23.4. The summed E-state index contributed by atoms with van der Waals surface area (Å²) in [5, 5.41) is 5.33. The van der Waals surface area contributed by atoms with Crippen LogP contribution in [0.3, 0.4) is 0 Å². The predicted molar refractivity (Wildman–Crippen MR) is 140 cm³/mol. The summed E-state index contributed by atoms with van der Waals surface area (Å²) in [6.45, 7) is 3.98. The molecule has 3 heterocycles. The Morgan fingerprint density at radius 1 is 1.11 bits per heavy atom. The average Bonchev–Trinajstić information content (AvgIpc) is 3.50. The normalized spacial score (nSPS) is 21.1. The van der Waals surface area contributed by atoms with Gasteiger partial charge in [0.15, 0.2) is 9.84 Å². The second-order valence-corrected chi connectivity index (χ2v) is 13.6. The van der Waals surface area contributed by atoms with Crippen molar-refractivity contribution in [2.24, 2.45) is 11.3 Å².